The van der Waals surface area contributed by atoms with Gasteiger partial charge in [-0.15, -0.1) is 0 Å². The standard InChI is InChI=1S/C13H17N3O4/c1-14-13(18)11-3-2-9(6-15-11)12(17)16-7-10-8-19-4-5-20-10/h2-3,6,10H,4-5,7-8H2,1H3,(H,14,18)(H,16,17). The minimum absolute atomic E-state index is 0.120. The number of carbonyl (C=O) groups is 2. The van der Waals surface area contributed by atoms with Gasteiger partial charge < -0.3 is 20.1 Å². The van der Waals surface area contributed by atoms with E-state index in [-0.39, 0.29) is 23.6 Å². The van der Waals surface area contributed by atoms with Gasteiger partial charge in [0.2, 0.25) is 0 Å². The fourth-order valence-electron chi connectivity index (χ4n) is 1.75. The average Bonchev–Trinajstić information content (AvgIpc) is 2.53. The molecule has 7 nitrogen and oxygen atoms in total. The lowest BCUT2D eigenvalue weighted by Crippen LogP contribution is -2.39. The SMILES string of the molecule is CNC(=O)c1ccc(C(=O)NCC2COCCO2)cn1. The molecule has 2 amide bonds. The van der Waals surface area contributed by atoms with E-state index in [9.17, 15) is 9.59 Å². The molecule has 0 bridgehead atoms. The average molecular weight is 279 g/mol. The Morgan fingerprint density at radius 2 is 2.20 bits per heavy atom. The molecule has 1 aromatic heterocycles. The number of hydrogen-bond donors (Lipinski definition) is 2. The molecular formula is C13H17N3O4. The highest BCUT2D eigenvalue weighted by Crippen LogP contribution is 2.02. The molecule has 0 saturated carbocycles. The second kappa shape index (κ2) is 6.97. The van der Waals surface area contributed by atoms with Crippen molar-refractivity contribution in [1.82, 2.24) is 15.6 Å². The topological polar surface area (TPSA) is 89.6 Å². The van der Waals surface area contributed by atoms with Crippen molar-refractivity contribution in [2.24, 2.45) is 0 Å². The second-order valence-corrected chi connectivity index (χ2v) is 4.29. The number of ether oxygens (including phenoxy) is 2. The van der Waals surface area contributed by atoms with Crippen molar-refractivity contribution >= 4 is 11.8 Å². The number of carbonyl (C=O) groups excluding carboxylic acids is 2. The third kappa shape index (κ3) is 3.75. The van der Waals surface area contributed by atoms with Crippen molar-refractivity contribution in [3.63, 3.8) is 0 Å². The van der Waals surface area contributed by atoms with Gasteiger partial charge in [-0.1, -0.05) is 0 Å². The first kappa shape index (κ1) is 14.4. The normalized spacial score (nSPS) is 18.4. The van der Waals surface area contributed by atoms with Crippen LogP contribution in [0.1, 0.15) is 20.8 Å². The van der Waals surface area contributed by atoms with Crippen LogP contribution in [0, 0.1) is 0 Å². The van der Waals surface area contributed by atoms with Crippen molar-refractivity contribution in [3.8, 4) is 0 Å². The molecular weight excluding hydrogens is 262 g/mol. The third-order valence-corrected chi connectivity index (χ3v) is 2.86. The van der Waals surface area contributed by atoms with E-state index in [1.54, 1.807) is 6.07 Å². The van der Waals surface area contributed by atoms with Gasteiger partial charge in [0.05, 0.1) is 31.5 Å². The smallest absolute Gasteiger partial charge is 0.269 e. The molecule has 1 saturated heterocycles. The highest BCUT2D eigenvalue weighted by molar-refractivity contribution is 5.96. The molecule has 7 heteroatoms. The Labute approximate surface area is 116 Å². The van der Waals surface area contributed by atoms with Crippen LogP contribution in [0.2, 0.25) is 0 Å². The quantitative estimate of drug-likeness (QED) is 0.782. The lowest BCUT2D eigenvalue weighted by molar-refractivity contribution is -0.0855. The third-order valence-electron chi connectivity index (χ3n) is 2.86. The summed E-state index contributed by atoms with van der Waals surface area (Å²) in [5.74, 6) is -0.542. The van der Waals surface area contributed by atoms with Gasteiger partial charge in [0, 0.05) is 19.8 Å². The van der Waals surface area contributed by atoms with Crippen LogP contribution in [0.15, 0.2) is 18.3 Å². The van der Waals surface area contributed by atoms with E-state index in [1.807, 2.05) is 0 Å². The molecule has 1 aliphatic rings. The maximum atomic E-state index is 11.9. The van der Waals surface area contributed by atoms with Crippen LogP contribution >= 0.6 is 0 Å². The van der Waals surface area contributed by atoms with Crippen molar-refractivity contribution in [2.45, 2.75) is 6.10 Å². The Kier molecular flexibility index (Phi) is 5.03. The van der Waals surface area contributed by atoms with E-state index in [0.29, 0.717) is 31.9 Å². The minimum atomic E-state index is -0.287. The summed E-state index contributed by atoms with van der Waals surface area (Å²) >= 11 is 0. The van der Waals surface area contributed by atoms with E-state index in [1.165, 1.54) is 19.3 Å². The van der Waals surface area contributed by atoms with Crippen LogP contribution in [0.5, 0.6) is 0 Å². The number of nitrogens with one attached hydrogen (secondary N) is 2. The van der Waals surface area contributed by atoms with Gasteiger partial charge in [-0.25, -0.2) is 0 Å². The van der Waals surface area contributed by atoms with E-state index < -0.39 is 0 Å². The van der Waals surface area contributed by atoms with Crippen LogP contribution in [0.25, 0.3) is 0 Å². The Bertz CT molecular complexity index is 469. The van der Waals surface area contributed by atoms with Gasteiger partial charge in [-0.3, -0.25) is 14.6 Å². The van der Waals surface area contributed by atoms with E-state index >= 15 is 0 Å². The highest BCUT2D eigenvalue weighted by Gasteiger charge is 2.16. The molecule has 1 unspecified atom stereocenters. The van der Waals surface area contributed by atoms with Crippen LogP contribution < -0.4 is 10.6 Å². The van der Waals surface area contributed by atoms with Gasteiger partial charge in [-0.2, -0.15) is 0 Å². The Morgan fingerprint density at radius 1 is 1.35 bits per heavy atom. The summed E-state index contributed by atoms with van der Waals surface area (Å²) in [5.41, 5.74) is 0.669. The summed E-state index contributed by atoms with van der Waals surface area (Å²) < 4.78 is 10.7. The minimum Gasteiger partial charge on any atom is -0.376 e. The predicted octanol–water partition coefficient (Wildman–Crippen LogP) is -0.414. The molecule has 2 N–H and O–H groups in total. The number of aromatic nitrogens is 1. The maximum absolute atomic E-state index is 11.9. The fourth-order valence-corrected chi connectivity index (χ4v) is 1.75. The molecule has 1 aromatic rings. The fraction of sp³-hybridized carbons (Fsp3) is 0.462. The summed E-state index contributed by atoms with van der Waals surface area (Å²) in [6.45, 7) is 2.00. The number of nitrogens with zero attached hydrogens (tertiary/aromatic N) is 1. The zero-order chi connectivity index (χ0) is 14.4. The van der Waals surface area contributed by atoms with Crippen molar-refractivity contribution in [1.29, 1.82) is 0 Å². The van der Waals surface area contributed by atoms with Crippen LogP contribution in [-0.4, -0.2) is 56.3 Å². The summed E-state index contributed by atoms with van der Waals surface area (Å²) in [4.78, 5) is 27.1. The van der Waals surface area contributed by atoms with Crippen LogP contribution in [0.3, 0.4) is 0 Å². The van der Waals surface area contributed by atoms with Gasteiger partial charge in [-0.05, 0) is 12.1 Å². The van der Waals surface area contributed by atoms with Gasteiger partial charge in [0.25, 0.3) is 11.8 Å². The molecule has 2 heterocycles. The molecule has 108 valence electrons. The number of hydrogen-bond acceptors (Lipinski definition) is 5. The molecule has 0 aromatic carbocycles. The molecule has 2 rings (SSSR count). The zero-order valence-electron chi connectivity index (χ0n) is 11.2. The van der Waals surface area contributed by atoms with E-state index in [2.05, 4.69) is 15.6 Å². The molecule has 0 radical (unpaired) electrons. The first-order valence-electron chi connectivity index (χ1n) is 6.36. The summed E-state index contributed by atoms with van der Waals surface area (Å²) in [6, 6.07) is 3.07. The van der Waals surface area contributed by atoms with E-state index in [0.717, 1.165) is 0 Å². The first-order valence-corrected chi connectivity index (χ1v) is 6.36. The second-order valence-electron chi connectivity index (χ2n) is 4.29. The Morgan fingerprint density at radius 3 is 2.80 bits per heavy atom. The Balaban J connectivity index is 1.87. The number of pyridine rings is 1. The first-order chi connectivity index (χ1) is 9.70. The van der Waals surface area contributed by atoms with Gasteiger partial charge >= 0.3 is 0 Å². The molecule has 1 aliphatic heterocycles. The molecule has 0 spiro atoms. The summed E-state index contributed by atoms with van der Waals surface area (Å²) in [6.07, 6.45) is 1.25. The molecule has 1 fully saturated rings. The van der Waals surface area contributed by atoms with Gasteiger partial charge in [0.15, 0.2) is 0 Å². The van der Waals surface area contributed by atoms with Crippen LogP contribution in [0.4, 0.5) is 0 Å². The lowest BCUT2D eigenvalue weighted by atomic mass is 10.2. The maximum Gasteiger partial charge on any atom is 0.269 e. The number of rotatable bonds is 4. The van der Waals surface area contributed by atoms with Crippen molar-refractivity contribution in [3.05, 3.63) is 29.6 Å². The van der Waals surface area contributed by atoms with Crippen LogP contribution in [-0.2, 0) is 9.47 Å². The number of amides is 2. The monoisotopic (exact) mass is 279 g/mol. The lowest BCUT2D eigenvalue weighted by Gasteiger charge is -2.23. The molecule has 0 aliphatic carbocycles. The van der Waals surface area contributed by atoms with Gasteiger partial charge in [0.1, 0.15) is 5.69 Å². The van der Waals surface area contributed by atoms with E-state index in [4.69, 9.17) is 9.47 Å². The largest absolute Gasteiger partial charge is 0.376 e. The Hall–Kier alpha value is -1.99. The highest BCUT2D eigenvalue weighted by atomic mass is 16.6. The predicted molar refractivity (Wildman–Crippen MR) is 70.5 cm³/mol. The van der Waals surface area contributed by atoms with Crippen molar-refractivity contribution in [2.75, 3.05) is 33.4 Å². The summed E-state index contributed by atoms with van der Waals surface area (Å²) in [7, 11) is 1.52. The molecule has 20 heavy (non-hydrogen) atoms. The molecule has 1 atom stereocenters. The summed E-state index contributed by atoms with van der Waals surface area (Å²) in [5, 5.41) is 5.21. The van der Waals surface area contributed by atoms with Crippen molar-refractivity contribution < 1.29 is 19.1 Å². The zero-order valence-corrected chi connectivity index (χ0v) is 11.2.